The highest BCUT2D eigenvalue weighted by molar-refractivity contribution is 5.92. The van der Waals surface area contributed by atoms with Gasteiger partial charge in [0, 0.05) is 13.1 Å². The van der Waals surface area contributed by atoms with Gasteiger partial charge in [-0.2, -0.15) is 0 Å². The predicted molar refractivity (Wildman–Crippen MR) is 78.5 cm³/mol. The summed E-state index contributed by atoms with van der Waals surface area (Å²) in [7, 11) is 2.03. The van der Waals surface area contributed by atoms with Gasteiger partial charge in [0.1, 0.15) is 17.4 Å². The number of nitro groups is 1. The number of rotatable bonds is 4. The van der Waals surface area contributed by atoms with Crippen molar-refractivity contribution in [2.45, 2.75) is 18.9 Å². The summed E-state index contributed by atoms with van der Waals surface area (Å²) in [4.78, 5) is 23.3. The quantitative estimate of drug-likeness (QED) is 0.676. The van der Waals surface area contributed by atoms with Gasteiger partial charge in [-0.25, -0.2) is 4.79 Å². The van der Waals surface area contributed by atoms with E-state index in [2.05, 4.69) is 4.90 Å². The van der Waals surface area contributed by atoms with Crippen LogP contribution in [0.2, 0.25) is 0 Å². The van der Waals surface area contributed by atoms with E-state index in [1.807, 2.05) is 7.05 Å². The molecular weight excluding hydrogens is 300 g/mol. The van der Waals surface area contributed by atoms with Crippen molar-refractivity contribution in [1.29, 1.82) is 0 Å². The van der Waals surface area contributed by atoms with E-state index in [0.29, 0.717) is 5.75 Å². The molecule has 0 saturated carbocycles. The van der Waals surface area contributed by atoms with Crippen molar-refractivity contribution in [2.75, 3.05) is 20.1 Å². The minimum absolute atomic E-state index is 0. The number of carbonyl (C=O) groups is 1. The first-order valence-corrected chi connectivity index (χ1v) is 6.34. The molecule has 0 bridgehead atoms. The van der Waals surface area contributed by atoms with Crippen molar-refractivity contribution in [3.8, 4) is 5.75 Å². The number of carboxylic acids is 1. The molecule has 8 heteroatoms. The first-order chi connectivity index (χ1) is 9.47. The van der Waals surface area contributed by atoms with Crippen LogP contribution < -0.4 is 4.74 Å². The van der Waals surface area contributed by atoms with Gasteiger partial charge in [-0.3, -0.25) is 10.1 Å². The molecule has 1 fully saturated rings. The van der Waals surface area contributed by atoms with Crippen molar-refractivity contribution >= 4 is 24.1 Å². The fourth-order valence-electron chi connectivity index (χ4n) is 2.21. The van der Waals surface area contributed by atoms with Crippen LogP contribution in [0.3, 0.4) is 0 Å². The number of carboxylic acid groups (broad SMARTS) is 1. The van der Waals surface area contributed by atoms with Gasteiger partial charge >= 0.3 is 5.97 Å². The third-order valence-corrected chi connectivity index (χ3v) is 3.36. The van der Waals surface area contributed by atoms with Crippen LogP contribution in [0.4, 0.5) is 5.69 Å². The Morgan fingerprint density at radius 1 is 1.43 bits per heavy atom. The second-order valence-corrected chi connectivity index (χ2v) is 4.86. The van der Waals surface area contributed by atoms with Crippen molar-refractivity contribution in [3.05, 3.63) is 33.9 Å². The maximum Gasteiger partial charge on any atom is 0.342 e. The molecule has 116 valence electrons. The van der Waals surface area contributed by atoms with Crippen molar-refractivity contribution < 1.29 is 19.6 Å². The minimum atomic E-state index is -1.32. The molecule has 0 aliphatic carbocycles. The summed E-state index contributed by atoms with van der Waals surface area (Å²) >= 11 is 0. The molecule has 0 amide bonds. The monoisotopic (exact) mass is 316 g/mol. The molecule has 21 heavy (non-hydrogen) atoms. The van der Waals surface area contributed by atoms with E-state index in [9.17, 15) is 14.9 Å². The molecule has 2 rings (SSSR count). The summed E-state index contributed by atoms with van der Waals surface area (Å²) < 4.78 is 5.71. The van der Waals surface area contributed by atoms with Gasteiger partial charge in [-0.05, 0) is 32.0 Å². The van der Waals surface area contributed by atoms with Crippen molar-refractivity contribution in [2.24, 2.45) is 0 Å². The Balaban J connectivity index is 0.00000220. The number of piperidine rings is 1. The van der Waals surface area contributed by atoms with E-state index in [1.54, 1.807) is 0 Å². The molecule has 1 heterocycles. The SMILES string of the molecule is CN1CCC(Oc2ccc(C(=O)O)c([N+](=O)[O-])c2)CC1.Cl. The summed E-state index contributed by atoms with van der Waals surface area (Å²) in [5.41, 5.74) is -0.770. The van der Waals surface area contributed by atoms with Gasteiger partial charge in [-0.1, -0.05) is 0 Å². The highest BCUT2D eigenvalue weighted by atomic mass is 35.5. The lowest BCUT2D eigenvalue weighted by Gasteiger charge is -2.29. The third kappa shape index (κ3) is 4.30. The molecule has 0 radical (unpaired) electrons. The zero-order chi connectivity index (χ0) is 14.7. The Morgan fingerprint density at radius 2 is 2.05 bits per heavy atom. The lowest BCUT2D eigenvalue weighted by atomic mass is 10.1. The van der Waals surface area contributed by atoms with Crippen LogP contribution in [-0.4, -0.2) is 47.1 Å². The van der Waals surface area contributed by atoms with Crippen molar-refractivity contribution in [1.82, 2.24) is 4.90 Å². The summed E-state index contributed by atoms with van der Waals surface area (Å²) in [6, 6.07) is 3.86. The highest BCUT2D eigenvalue weighted by Gasteiger charge is 2.23. The Hall–Kier alpha value is -1.86. The molecule has 1 saturated heterocycles. The highest BCUT2D eigenvalue weighted by Crippen LogP contribution is 2.26. The number of halogens is 1. The van der Waals surface area contributed by atoms with E-state index < -0.39 is 16.6 Å². The van der Waals surface area contributed by atoms with Gasteiger partial charge < -0.3 is 14.7 Å². The zero-order valence-corrected chi connectivity index (χ0v) is 12.3. The number of benzene rings is 1. The lowest BCUT2D eigenvalue weighted by molar-refractivity contribution is -0.385. The van der Waals surface area contributed by atoms with Crippen LogP contribution >= 0.6 is 12.4 Å². The smallest absolute Gasteiger partial charge is 0.342 e. The number of nitrogens with zero attached hydrogens (tertiary/aromatic N) is 2. The van der Waals surface area contributed by atoms with Crippen LogP contribution in [-0.2, 0) is 0 Å². The predicted octanol–water partition coefficient (Wildman–Crippen LogP) is 2.19. The number of hydrogen-bond acceptors (Lipinski definition) is 5. The van der Waals surface area contributed by atoms with E-state index in [0.717, 1.165) is 25.9 Å². The number of aromatic carboxylic acids is 1. The lowest BCUT2D eigenvalue weighted by Crippen LogP contribution is -2.35. The van der Waals surface area contributed by atoms with Gasteiger partial charge in [0.15, 0.2) is 0 Å². The molecule has 1 aromatic carbocycles. The van der Waals surface area contributed by atoms with Crippen LogP contribution in [0.15, 0.2) is 18.2 Å². The molecule has 0 spiro atoms. The molecule has 1 aliphatic rings. The number of likely N-dealkylation sites (tertiary alicyclic amines) is 1. The first-order valence-electron chi connectivity index (χ1n) is 6.34. The van der Waals surface area contributed by atoms with Crippen LogP contribution in [0.25, 0.3) is 0 Å². The second kappa shape index (κ2) is 7.24. The van der Waals surface area contributed by atoms with Crippen LogP contribution in [0.1, 0.15) is 23.2 Å². The summed E-state index contributed by atoms with van der Waals surface area (Å²) in [5, 5.41) is 19.8. The first kappa shape index (κ1) is 17.2. The topological polar surface area (TPSA) is 92.9 Å². The Labute approximate surface area is 128 Å². The Morgan fingerprint density at radius 3 is 2.57 bits per heavy atom. The molecule has 0 atom stereocenters. The largest absolute Gasteiger partial charge is 0.490 e. The zero-order valence-electron chi connectivity index (χ0n) is 11.5. The molecule has 0 unspecified atom stereocenters. The van der Waals surface area contributed by atoms with Gasteiger partial charge in [-0.15, -0.1) is 12.4 Å². The number of hydrogen-bond donors (Lipinski definition) is 1. The van der Waals surface area contributed by atoms with Gasteiger partial charge in [0.2, 0.25) is 0 Å². The molecule has 0 aromatic heterocycles. The Bertz CT molecular complexity index is 529. The van der Waals surface area contributed by atoms with Crippen LogP contribution in [0, 0.1) is 10.1 Å². The summed E-state index contributed by atoms with van der Waals surface area (Å²) in [6.07, 6.45) is 1.72. The fourth-order valence-corrected chi connectivity index (χ4v) is 2.21. The Kier molecular flexibility index (Phi) is 5.92. The average Bonchev–Trinajstić information content (AvgIpc) is 2.41. The van der Waals surface area contributed by atoms with Crippen LogP contribution in [0.5, 0.6) is 5.75 Å². The van der Waals surface area contributed by atoms with E-state index in [1.165, 1.54) is 18.2 Å². The average molecular weight is 317 g/mol. The number of ether oxygens (including phenoxy) is 1. The third-order valence-electron chi connectivity index (χ3n) is 3.36. The minimum Gasteiger partial charge on any atom is -0.490 e. The normalized spacial score (nSPS) is 16.0. The molecule has 1 N–H and O–H groups in total. The standard InChI is InChI=1S/C13H16N2O5.ClH/c1-14-6-4-9(5-7-14)20-10-2-3-11(13(16)17)12(8-10)15(18)19;/h2-3,8-9H,4-7H2,1H3,(H,16,17);1H. The maximum absolute atomic E-state index is 10.9. The van der Waals surface area contributed by atoms with Crippen molar-refractivity contribution in [3.63, 3.8) is 0 Å². The van der Waals surface area contributed by atoms with Gasteiger partial charge in [0.05, 0.1) is 11.0 Å². The fraction of sp³-hybridized carbons (Fsp3) is 0.462. The molecule has 1 aromatic rings. The molecule has 1 aliphatic heterocycles. The molecular formula is C13H17ClN2O5. The summed E-state index contributed by atoms with van der Waals surface area (Å²) in [6.45, 7) is 1.83. The van der Waals surface area contributed by atoms with E-state index >= 15 is 0 Å². The maximum atomic E-state index is 10.9. The second-order valence-electron chi connectivity index (χ2n) is 4.86. The summed E-state index contributed by atoms with van der Waals surface area (Å²) in [5.74, 6) is -0.973. The van der Waals surface area contributed by atoms with Gasteiger partial charge in [0.25, 0.3) is 5.69 Å². The van der Waals surface area contributed by atoms with E-state index in [-0.39, 0.29) is 24.1 Å². The number of nitro benzene ring substituents is 1. The van der Waals surface area contributed by atoms with E-state index in [4.69, 9.17) is 9.84 Å². The molecule has 7 nitrogen and oxygen atoms in total.